The molecule has 0 bridgehead atoms. The van der Waals surface area contributed by atoms with Gasteiger partial charge in [0.1, 0.15) is 11.6 Å². The lowest BCUT2D eigenvalue weighted by molar-refractivity contribution is -0.123. The SMILES string of the molecule is O=C1CC(c2ncc[nH]2)c2ccc(OC3CCCC3)cc2N1.O=CO. The van der Waals surface area contributed by atoms with Crippen molar-refractivity contribution in [1.82, 2.24) is 9.97 Å². The van der Waals surface area contributed by atoms with Crippen LogP contribution in [0.2, 0.25) is 0 Å². The maximum Gasteiger partial charge on any atom is 0.290 e. The normalized spacial score (nSPS) is 19.4. The topological polar surface area (TPSA) is 104 Å². The molecule has 3 N–H and O–H groups in total. The number of aromatic nitrogens is 2. The summed E-state index contributed by atoms with van der Waals surface area (Å²) in [6.07, 6.45) is 8.98. The van der Waals surface area contributed by atoms with Gasteiger partial charge in [0, 0.05) is 30.6 Å². The first-order valence-electron chi connectivity index (χ1n) is 8.39. The Bertz CT molecular complexity index is 724. The van der Waals surface area contributed by atoms with E-state index in [9.17, 15) is 4.79 Å². The zero-order chi connectivity index (χ0) is 17.6. The predicted molar refractivity (Wildman–Crippen MR) is 91.7 cm³/mol. The second kappa shape index (κ2) is 7.83. The zero-order valence-corrected chi connectivity index (χ0v) is 13.8. The van der Waals surface area contributed by atoms with E-state index in [1.165, 1.54) is 12.8 Å². The lowest BCUT2D eigenvalue weighted by Gasteiger charge is -2.25. The molecule has 1 atom stereocenters. The van der Waals surface area contributed by atoms with E-state index in [0.717, 1.165) is 35.7 Å². The highest BCUT2D eigenvalue weighted by molar-refractivity contribution is 5.95. The number of ether oxygens (including phenoxy) is 1. The van der Waals surface area contributed by atoms with Crippen molar-refractivity contribution >= 4 is 18.1 Å². The van der Waals surface area contributed by atoms with Gasteiger partial charge in [0.05, 0.1) is 12.0 Å². The third kappa shape index (κ3) is 3.99. The van der Waals surface area contributed by atoms with Crippen LogP contribution in [0, 0.1) is 0 Å². The number of hydrogen-bond donors (Lipinski definition) is 3. The van der Waals surface area contributed by atoms with Crippen molar-refractivity contribution in [1.29, 1.82) is 0 Å². The number of amides is 1. The monoisotopic (exact) mass is 343 g/mol. The average molecular weight is 343 g/mol. The first-order valence-corrected chi connectivity index (χ1v) is 8.39. The quantitative estimate of drug-likeness (QED) is 0.743. The molecule has 0 spiro atoms. The first kappa shape index (κ1) is 17.0. The van der Waals surface area contributed by atoms with Crippen molar-refractivity contribution in [2.24, 2.45) is 0 Å². The van der Waals surface area contributed by atoms with Crippen LogP contribution in [-0.2, 0) is 9.59 Å². The van der Waals surface area contributed by atoms with Crippen LogP contribution in [0.4, 0.5) is 5.69 Å². The van der Waals surface area contributed by atoms with Crippen LogP contribution < -0.4 is 10.1 Å². The molecule has 1 aliphatic heterocycles. The van der Waals surface area contributed by atoms with E-state index in [1.807, 2.05) is 18.2 Å². The second-order valence-electron chi connectivity index (χ2n) is 6.16. The summed E-state index contributed by atoms with van der Waals surface area (Å²) in [5, 5.41) is 9.85. The van der Waals surface area contributed by atoms with Crippen LogP contribution in [0.25, 0.3) is 0 Å². The van der Waals surface area contributed by atoms with E-state index in [-0.39, 0.29) is 18.3 Å². The molecule has 7 heteroatoms. The predicted octanol–water partition coefficient (Wildman–Crippen LogP) is 2.91. The van der Waals surface area contributed by atoms with Crippen LogP contribution in [0.3, 0.4) is 0 Å². The Labute approximate surface area is 145 Å². The molecule has 2 aromatic rings. The molecule has 1 aromatic heterocycles. The molecule has 1 saturated carbocycles. The number of anilines is 1. The number of carbonyl (C=O) groups is 2. The Morgan fingerprint density at radius 1 is 1.28 bits per heavy atom. The average Bonchev–Trinajstić information content (AvgIpc) is 3.28. The fraction of sp³-hybridized carbons (Fsp3) is 0.389. The Balaban J connectivity index is 0.000000569. The fourth-order valence-corrected chi connectivity index (χ4v) is 3.43. The van der Waals surface area contributed by atoms with Gasteiger partial charge < -0.3 is 20.1 Å². The van der Waals surface area contributed by atoms with Crippen LogP contribution >= 0.6 is 0 Å². The summed E-state index contributed by atoms with van der Waals surface area (Å²) < 4.78 is 6.03. The summed E-state index contributed by atoms with van der Waals surface area (Å²) in [7, 11) is 0. The number of rotatable bonds is 3. The Kier molecular flexibility index (Phi) is 5.33. The minimum absolute atomic E-state index is 0.0146. The van der Waals surface area contributed by atoms with E-state index < -0.39 is 0 Å². The molecule has 132 valence electrons. The number of benzene rings is 1. The highest BCUT2D eigenvalue weighted by atomic mass is 16.5. The minimum atomic E-state index is -0.250. The molecule has 1 amide bonds. The number of carbonyl (C=O) groups excluding carboxylic acids is 1. The third-order valence-corrected chi connectivity index (χ3v) is 4.52. The van der Waals surface area contributed by atoms with E-state index in [1.54, 1.807) is 12.4 Å². The molecule has 1 fully saturated rings. The van der Waals surface area contributed by atoms with Crippen molar-refractivity contribution in [3.05, 3.63) is 42.0 Å². The van der Waals surface area contributed by atoms with Gasteiger partial charge >= 0.3 is 0 Å². The van der Waals surface area contributed by atoms with E-state index in [4.69, 9.17) is 14.6 Å². The Morgan fingerprint density at radius 3 is 2.72 bits per heavy atom. The molecular formula is C18H21N3O4. The van der Waals surface area contributed by atoms with Gasteiger partial charge in [-0.1, -0.05) is 6.07 Å². The number of imidazole rings is 1. The summed E-state index contributed by atoms with van der Waals surface area (Å²) in [5.74, 6) is 1.68. The number of nitrogens with one attached hydrogen (secondary N) is 2. The summed E-state index contributed by atoms with van der Waals surface area (Å²) in [6, 6.07) is 6.00. The van der Waals surface area contributed by atoms with Crippen molar-refractivity contribution in [2.75, 3.05) is 5.32 Å². The molecule has 2 aliphatic rings. The van der Waals surface area contributed by atoms with Crippen LogP contribution in [0.1, 0.15) is 49.4 Å². The van der Waals surface area contributed by atoms with Gasteiger partial charge in [-0.15, -0.1) is 0 Å². The van der Waals surface area contributed by atoms with Gasteiger partial charge in [-0.05, 0) is 37.3 Å². The smallest absolute Gasteiger partial charge is 0.290 e. The summed E-state index contributed by atoms with van der Waals surface area (Å²) in [4.78, 5) is 27.8. The number of carboxylic acid groups (broad SMARTS) is 1. The van der Waals surface area contributed by atoms with Crippen LogP contribution in [0.15, 0.2) is 30.6 Å². The largest absolute Gasteiger partial charge is 0.490 e. The molecule has 1 unspecified atom stereocenters. The highest BCUT2D eigenvalue weighted by Gasteiger charge is 2.28. The zero-order valence-electron chi connectivity index (χ0n) is 13.8. The standard InChI is InChI=1S/C17H19N3O2.CH2O2/c21-16-10-14(17-18-7-8-19-17)13-6-5-12(9-15(13)20-16)22-11-3-1-2-4-11;2-1-3/h5-9,11,14H,1-4,10H2,(H,18,19)(H,20,21);1H,(H,2,3). The molecule has 0 saturated heterocycles. The van der Waals surface area contributed by atoms with Gasteiger partial charge in [0.25, 0.3) is 6.47 Å². The fourth-order valence-electron chi connectivity index (χ4n) is 3.43. The number of nitrogens with zero attached hydrogens (tertiary/aromatic N) is 1. The van der Waals surface area contributed by atoms with Crippen molar-refractivity contribution in [3.63, 3.8) is 0 Å². The molecule has 4 rings (SSSR count). The maximum atomic E-state index is 12.0. The number of H-pyrrole nitrogens is 1. The highest BCUT2D eigenvalue weighted by Crippen LogP contribution is 2.38. The van der Waals surface area contributed by atoms with Gasteiger partial charge in [-0.25, -0.2) is 4.98 Å². The third-order valence-electron chi connectivity index (χ3n) is 4.52. The van der Waals surface area contributed by atoms with Gasteiger partial charge in [-0.3, -0.25) is 9.59 Å². The summed E-state index contributed by atoms with van der Waals surface area (Å²) in [5.41, 5.74) is 1.93. The lowest BCUT2D eigenvalue weighted by Crippen LogP contribution is -2.24. The molecule has 1 aromatic carbocycles. The molecule has 25 heavy (non-hydrogen) atoms. The van der Waals surface area contributed by atoms with Crippen LogP contribution in [0.5, 0.6) is 5.75 Å². The van der Waals surface area contributed by atoms with E-state index in [2.05, 4.69) is 15.3 Å². The molecule has 7 nitrogen and oxygen atoms in total. The minimum Gasteiger partial charge on any atom is -0.490 e. The number of hydrogen-bond acceptors (Lipinski definition) is 4. The Morgan fingerprint density at radius 2 is 2.04 bits per heavy atom. The maximum absolute atomic E-state index is 12.0. The second-order valence-corrected chi connectivity index (χ2v) is 6.16. The van der Waals surface area contributed by atoms with Crippen LogP contribution in [-0.4, -0.2) is 33.6 Å². The molecular weight excluding hydrogens is 322 g/mol. The molecule has 0 radical (unpaired) electrons. The van der Waals surface area contributed by atoms with Gasteiger partial charge in [-0.2, -0.15) is 0 Å². The van der Waals surface area contributed by atoms with Gasteiger partial charge in [0.15, 0.2) is 0 Å². The van der Waals surface area contributed by atoms with E-state index >= 15 is 0 Å². The summed E-state index contributed by atoms with van der Waals surface area (Å²) >= 11 is 0. The Hall–Kier alpha value is -2.83. The number of aromatic amines is 1. The van der Waals surface area contributed by atoms with Crippen molar-refractivity contribution < 1.29 is 19.4 Å². The van der Waals surface area contributed by atoms with E-state index in [0.29, 0.717) is 12.5 Å². The van der Waals surface area contributed by atoms with Gasteiger partial charge in [0.2, 0.25) is 5.91 Å². The molecule has 2 heterocycles. The number of fused-ring (bicyclic) bond motifs is 1. The summed E-state index contributed by atoms with van der Waals surface area (Å²) in [6.45, 7) is -0.250. The molecule has 1 aliphatic carbocycles. The first-order chi connectivity index (χ1) is 12.2. The van der Waals surface area contributed by atoms with Crippen molar-refractivity contribution in [3.8, 4) is 5.75 Å². The van der Waals surface area contributed by atoms with Crippen molar-refractivity contribution in [2.45, 2.75) is 44.1 Å². The lowest BCUT2D eigenvalue weighted by atomic mass is 9.90.